The molecule has 0 saturated carbocycles. The van der Waals surface area contributed by atoms with Crippen LogP contribution < -0.4 is 11.3 Å². The second-order valence-corrected chi connectivity index (χ2v) is 5.44. The van der Waals surface area contributed by atoms with E-state index in [1.807, 2.05) is 24.3 Å². The quantitative estimate of drug-likeness (QED) is 0.567. The van der Waals surface area contributed by atoms with E-state index in [0.717, 1.165) is 22.3 Å². The molecule has 0 aliphatic rings. The van der Waals surface area contributed by atoms with Crippen molar-refractivity contribution in [3.8, 4) is 0 Å². The van der Waals surface area contributed by atoms with Gasteiger partial charge in [-0.2, -0.15) is 0 Å². The van der Waals surface area contributed by atoms with E-state index in [0.29, 0.717) is 0 Å². The molecule has 1 unspecified atom stereocenters. The van der Waals surface area contributed by atoms with Crippen LogP contribution >= 0.6 is 11.3 Å². The number of aryl methyl sites for hydroxylation is 1. The van der Waals surface area contributed by atoms with Crippen LogP contribution in [0.3, 0.4) is 0 Å². The molecule has 3 N–H and O–H groups in total. The van der Waals surface area contributed by atoms with Crippen LogP contribution in [-0.4, -0.2) is 9.97 Å². The maximum absolute atomic E-state index is 5.70. The maximum Gasteiger partial charge on any atom is 0.0907 e. The fourth-order valence-corrected chi connectivity index (χ4v) is 2.88. The maximum atomic E-state index is 5.70. The Morgan fingerprint density at radius 1 is 1.21 bits per heavy atom. The third-order valence-corrected chi connectivity index (χ3v) is 4.00. The molecule has 5 heteroatoms. The minimum absolute atomic E-state index is 0.122. The molecule has 1 aromatic carbocycles. The second kappa shape index (κ2) is 5.05. The Bertz CT molecular complexity index is 707. The average Bonchev–Trinajstić information content (AvgIpc) is 2.86. The van der Waals surface area contributed by atoms with E-state index in [-0.39, 0.29) is 6.04 Å². The molecule has 0 spiro atoms. The lowest BCUT2D eigenvalue weighted by molar-refractivity contribution is 0.620. The zero-order chi connectivity index (χ0) is 13.2. The van der Waals surface area contributed by atoms with Crippen LogP contribution in [0.4, 0.5) is 0 Å². The summed E-state index contributed by atoms with van der Waals surface area (Å²) in [4.78, 5) is 10.3. The van der Waals surface area contributed by atoms with E-state index < -0.39 is 0 Å². The monoisotopic (exact) mass is 270 g/mol. The summed E-state index contributed by atoms with van der Waals surface area (Å²) in [6, 6.07) is 9.77. The van der Waals surface area contributed by atoms with Gasteiger partial charge in [0.25, 0.3) is 0 Å². The third kappa shape index (κ3) is 2.23. The number of nitrogens with one attached hydrogen (secondary N) is 1. The first-order valence-corrected chi connectivity index (χ1v) is 6.89. The van der Waals surface area contributed by atoms with Crippen molar-refractivity contribution in [1.82, 2.24) is 15.4 Å². The molecule has 0 fully saturated rings. The first-order chi connectivity index (χ1) is 9.29. The summed E-state index contributed by atoms with van der Waals surface area (Å²) < 4.78 is 0. The summed E-state index contributed by atoms with van der Waals surface area (Å²) >= 11 is 1.70. The average molecular weight is 270 g/mol. The molecule has 0 saturated heterocycles. The number of fused-ring (bicyclic) bond motifs is 1. The largest absolute Gasteiger partial charge is 0.271 e. The molecule has 19 heavy (non-hydrogen) atoms. The predicted octanol–water partition coefficient (Wildman–Crippen LogP) is 2.55. The Kier molecular flexibility index (Phi) is 3.25. The van der Waals surface area contributed by atoms with Gasteiger partial charge in [0.2, 0.25) is 0 Å². The van der Waals surface area contributed by atoms with Gasteiger partial charge in [0, 0.05) is 4.88 Å². The molecule has 96 valence electrons. The van der Waals surface area contributed by atoms with Gasteiger partial charge in [0.05, 0.1) is 29.0 Å². The fraction of sp³-hybridized carbons (Fsp3) is 0.143. The van der Waals surface area contributed by atoms with E-state index in [2.05, 4.69) is 33.8 Å². The van der Waals surface area contributed by atoms with Crippen molar-refractivity contribution in [3.05, 3.63) is 58.0 Å². The number of nitrogens with two attached hydrogens (primary N) is 1. The Hall–Kier alpha value is -1.82. The SMILES string of the molecule is Cc1sccc1C(NN)c1cnc2ccccc2n1. The van der Waals surface area contributed by atoms with E-state index in [1.165, 1.54) is 4.88 Å². The highest BCUT2D eigenvalue weighted by molar-refractivity contribution is 7.10. The van der Waals surface area contributed by atoms with Crippen molar-refractivity contribution in [2.45, 2.75) is 13.0 Å². The van der Waals surface area contributed by atoms with Crippen molar-refractivity contribution in [1.29, 1.82) is 0 Å². The van der Waals surface area contributed by atoms with E-state index in [4.69, 9.17) is 5.84 Å². The standard InChI is InChI=1S/C14H14N4S/c1-9-10(6-7-19-9)14(18-15)13-8-16-11-4-2-3-5-12(11)17-13/h2-8,14,18H,15H2,1H3. The lowest BCUT2D eigenvalue weighted by atomic mass is 10.1. The van der Waals surface area contributed by atoms with Gasteiger partial charge in [-0.25, -0.2) is 10.4 Å². The Morgan fingerprint density at radius 3 is 2.68 bits per heavy atom. The second-order valence-electron chi connectivity index (χ2n) is 4.32. The molecular formula is C14H14N4S. The van der Waals surface area contributed by atoms with E-state index in [9.17, 15) is 0 Å². The molecule has 2 aromatic heterocycles. The van der Waals surface area contributed by atoms with Crippen molar-refractivity contribution in [3.63, 3.8) is 0 Å². The number of benzene rings is 1. The minimum Gasteiger partial charge on any atom is -0.271 e. The number of aromatic nitrogens is 2. The van der Waals surface area contributed by atoms with E-state index >= 15 is 0 Å². The summed E-state index contributed by atoms with van der Waals surface area (Å²) in [5.41, 5.74) is 6.59. The minimum atomic E-state index is -0.122. The highest BCUT2D eigenvalue weighted by Gasteiger charge is 2.17. The molecule has 0 amide bonds. The van der Waals surface area contributed by atoms with E-state index in [1.54, 1.807) is 17.5 Å². The molecular weight excluding hydrogens is 256 g/mol. The molecule has 0 bridgehead atoms. The molecule has 3 rings (SSSR count). The first-order valence-electron chi connectivity index (χ1n) is 6.01. The number of thiophene rings is 1. The van der Waals surface area contributed by atoms with Gasteiger partial charge >= 0.3 is 0 Å². The normalized spacial score (nSPS) is 12.7. The third-order valence-electron chi connectivity index (χ3n) is 3.14. The highest BCUT2D eigenvalue weighted by Crippen LogP contribution is 2.26. The zero-order valence-electron chi connectivity index (χ0n) is 10.5. The molecule has 4 nitrogen and oxygen atoms in total. The molecule has 0 radical (unpaired) electrons. The van der Waals surface area contributed by atoms with Crippen LogP contribution in [0.15, 0.2) is 41.9 Å². The van der Waals surface area contributed by atoms with Crippen LogP contribution in [-0.2, 0) is 0 Å². The van der Waals surface area contributed by atoms with Gasteiger partial charge in [-0.1, -0.05) is 12.1 Å². The highest BCUT2D eigenvalue weighted by atomic mass is 32.1. The first kappa shape index (κ1) is 12.2. The Morgan fingerprint density at radius 2 is 2.00 bits per heavy atom. The summed E-state index contributed by atoms with van der Waals surface area (Å²) in [5.74, 6) is 5.70. The lowest BCUT2D eigenvalue weighted by Gasteiger charge is -2.15. The van der Waals surface area contributed by atoms with Crippen molar-refractivity contribution in [2.75, 3.05) is 0 Å². The van der Waals surface area contributed by atoms with Crippen LogP contribution in [0.25, 0.3) is 11.0 Å². The van der Waals surface area contributed by atoms with Crippen LogP contribution in [0.5, 0.6) is 0 Å². The summed E-state index contributed by atoms with van der Waals surface area (Å²) in [6.45, 7) is 2.08. The zero-order valence-corrected chi connectivity index (χ0v) is 11.3. The topological polar surface area (TPSA) is 63.8 Å². The summed E-state index contributed by atoms with van der Waals surface area (Å²) in [7, 11) is 0. The van der Waals surface area contributed by atoms with Crippen LogP contribution in [0.1, 0.15) is 22.2 Å². The number of hydrogen-bond donors (Lipinski definition) is 2. The fourth-order valence-electron chi connectivity index (χ4n) is 2.14. The number of nitrogens with zero attached hydrogens (tertiary/aromatic N) is 2. The van der Waals surface area contributed by atoms with Gasteiger partial charge in [-0.15, -0.1) is 11.3 Å². The number of hydrazine groups is 1. The van der Waals surface area contributed by atoms with Crippen molar-refractivity contribution in [2.24, 2.45) is 5.84 Å². The molecule has 3 aromatic rings. The van der Waals surface area contributed by atoms with Crippen LogP contribution in [0, 0.1) is 6.92 Å². The van der Waals surface area contributed by atoms with Gasteiger partial charge in [-0.05, 0) is 36.1 Å². The molecule has 1 atom stereocenters. The summed E-state index contributed by atoms with van der Waals surface area (Å²) in [6.07, 6.45) is 1.78. The Labute approximate surface area is 115 Å². The van der Waals surface area contributed by atoms with Gasteiger partial charge in [0.15, 0.2) is 0 Å². The summed E-state index contributed by atoms with van der Waals surface area (Å²) in [5, 5.41) is 2.06. The molecule has 2 heterocycles. The molecule has 0 aliphatic heterocycles. The molecule has 0 aliphatic carbocycles. The number of rotatable bonds is 3. The van der Waals surface area contributed by atoms with Gasteiger partial charge in [0.1, 0.15) is 0 Å². The van der Waals surface area contributed by atoms with Gasteiger partial charge in [-0.3, -0.25) is 10.8 Å². The predicted molar refractivity (Wildman–Crippen MR) is 77.8 cm³/mol. The van der Waals surface area contributed by atoms with Gasteiger partial charge < -0.3 is 0 Å². The van der Waals surface area contributed by atoms with Crippen molar-refractivity contribution >= 4 is 22.4 Å². The van der Waals surface area contributed by atoms with Crippen molar-refractivity contribution < 1.29 is 0 Å². The lowest BCUT2D eigenvalue weighted by Crippen LogP contribution is -2.29. The number of para-hydroxylation sites is 2. The van der Waals surface area contributed by atoms with Crippen LogP contribution in [0.2, 0.25) is 0 Å². The number of hydrogen-bond acceptors (Lipinski definition) is 5. The smallest absolute Gasteiger partial charge is 0.0907 e. The Balaban J connectivity index is 2.09.